The zero-order valence-corrected chi connectivity index (χ0v) is 10.2. The Bertz CT molecular complexity index is 423. The Morgan fingerprint density at radius 3 is 2.59 bits per heavy atom. The third-order valence-corrected chi connectivity index (χ3v) is 2.30. The zero-order valence-electron chi connectivity index (χ0n) is 10.2. The van der Waals surface area contributed by atoms with Gasteiger partial charge in [-0.1, -0.05) is 12.2 Å². The quantitative estimate of drug-likeness (QED) is 0.644. The fourth-order valence-electron chi connectivity index (χ4n) is 1.57. The number of carbonyl (C=O) groups excluding carboxylic acids is 1. The Kier molecular flexibility index (Phi) is 4.26. The molecule has 0 aliphatic heterocycles. The van der Waals surface area contributed by atoms with Crippen LogP contribution in [0.4, 0.5) is 10.1 Å². The molecule has 0 spiro atoms. The first-order valence-corrected chi connectivity index (χ1v) is 5.43. The summed E-state index contributed by atoms with van der Waals surface area (Å²) in [7, 11) is 0. The summed E-state index contributed by atoms with van der Waals surface area (Å²) in [6.07, 6.45) is 0. The molecule has 0 saturated carbocycles. The van der Waals surface area contributed by atoms with Gasteiger partial charge in [0.2, 0.25) is 0 Å². The second-order valence-corrected chi connectivity index (χ2v) is 4.05. The van der Waals surface area contributed by atoms with Crippen molar-refractivity contribution in [1.82, 2.24) is 4.90 Å². The number of nitrogen functional groups attached to an aromatic ring is 1. The van der Waals surface area contributed by atoms with Crippen molar-refractivity contribution < 1.29 is 9.18 Å². The van der Waals surface area contributed by atoms with Crippen LogP contribution >= 0.6 is 0 Å². The van der Waals surface area contributed by atoms with Gasteiger partial charge >= 0.3 is 0 Å². The summed E-state index contributed by atoms with van der Waals surface area (Å²) < 4.78 is 13.1. The first kappa shape index (κ1) is 13.2. The molecule has 1 aromatic rings. The highest BCUT2D eigenvalue weighted by molar-refractivity contribution is 5.95. The average molecular weight is 236 g/mol. The lowest BCUT2D eigenvalue weighted by atomic mass is 10.1. The van der Waals surface area contributed by atoms with Crippen molar-refractivity contribution in [2.75, 3.05) is 18.8 Å². The molecule has 0 aliphatic carbocycles. The maximum atomic E-state index is 13.1. The van der Waals surface area contributed by atoms with Crippen LogP contribution in [0.1, 0.15) is 24.2 Å². The van der Waals surface area contributed by atoms with Gasteiger partial charge in [-0.05, 0) is 32.0 Å². The molecule has 1 rings (SSSR count). The first-order chi connectivity index (χ1) is 7.93. The minimum absolute atomic E-state index is 0.235. The van der Waals surface area contributed by atoms with Crippen LogP contribution in [-0.4, -0.2) is 23.9 Å². The van der Waals surface area contributed by atoms with Crippen molar-refractivity contribution in [2.24, 2.45) is 0 Å². The molecule has 0 aliphatic rings. The summed E-state index contributed by atoms with van der Waals surface area (Å²) in [6.45, 7) is 8.48. The molecule has 0 saturated heterocycles. The molecule has 0 atom stereocenters. The van der Waals surface area contributed by atoms with Gasteiger partial charge in [-0.2, -0.15) is 0 Å². The molecule has 0 fully saturated rings. The Morgan fingerprint density at radius 1 is 1.47 bits per heavy atom. The van der Waals surface area contributed by atoms with Gasteiger partial charge in [0.25, 0.3) is 5.91 Å². The van der Waals surface area contributed by atoms with E-state index in [9.17, 15) is 9.18 Å². The number of hydrogen-bond acceptors (Lipinski definition) is 2. The van der Waals surface area contributed by atoms with E-state index >= 15 is 0 Å². The topological polar surface area (TPSA) is 46.3 Å². The van der Waals surface area contributed by atoms with E-state index in [0.717, 1.165) is 5.57 Å². The SMILES string of the molecule is C=C(C)CN(CC)C(=O)c1cc(N)cc(F)c1. The molecule has 92 valence electrons. The molecule has 0 unspecified atom stereocenters. The smallest absolute Gasteiger partial charge is 0.254 e. The van der Waals surface area contributed by atoms with Gasteiger partial charge < -0.3 is 10.6 Å². The molecule has 0 bridgehead atoms. The third-order valence-electron chi connectivity index (χ3n) is 2.30. The van der Waals surface area contributed by atoms with Crippen molar-refractivity contribution in [3.8, 4) is 0 Å². The standard InChI is InChI=1S/C13H17FN2O/c1-4-16(8-9(2)3)13(17)10-5-11(14)7-12(15)6-10/h5-7H,2,4,8,15H2,1,3H3. The van der Waals surface area contributed by atoms with E-state index < -0.39 is 5.82 Å². The van der Waals surface area contributed by atoms with Crippen LogP contribution in [0.15, 0.2) is 30.4 Å². The number of anilines is 1. The zero-order chi connectivity index (χ0) is 13.0. The average Bonchev–Trinajstić information content (AvgIpc) is 2.23. The van der Waals surface area contributed by atoms with E-state index in [1.54, 1.807) is 4.90 Å². The Hall–Kier alpha value is -1.84. The summed E-state index contributed by atoms with van der Waals surface area (Å²) in [5, 5.41) is 0. The van der Waals surface area contributed by atoms with Gasteiger partial charge in [-0.25, -0.2) is 4.39 Å². The minimum Gasteiger partial charge on any atom is -0.399 e. The van der Waals surface area contributed by atoms with Gasteiger partial charge in [0.1, 0.15) is 5.82 Å². The fraction of sp³-hybridized carbons (Fsp3) is 0.308. The number of benzene rings is 1. The molecular weight excluding hydrogens is 219 g/mol. The summed E-state index contributed by atoms with van der Waals surface area (Å²) in [5.74, 6) is -0.735. The Labute approximate surface area is 101 Å². The highest BCUT2D eigenvalue weighted by Gasteiger charge is 2.15. The number of nitrogens with two attached hydrogens (primary N) is 1. The number of likely N-dealkylation sites (N-methyl/N-ethyl adjacent to an activating group) is 1. The number of carbonyl (C=O) groups is 1. The third kappa shape index (κ3) is 3.59. The van der Waals surface area contributed by atoms with Crippen molar-refractivity contribution in [1.29, 1.82) is 0 Å². The van der Waals surface area contributed by atoms with E-state index in [0.29, 0.717) is 13.1 Å². The van der Waals surface area contributed by atoms with Gasteiger partial charge in [0.15, 0.2) is 0 Å². The summed E-state index contributed by atoms with van der Waals surface area (Å²) in [4.78, 5) is 13.7. The monoisotopic (exact) mass is 236 g/mol. The lowest BCUT2D eigenvalue weighted by Crippen LogP contribution is -2.32. The van der Waals surface area contributed by atoms with Crippen molar-refractivity contribution in [3.63, 3.8) is 0 Å². The van der Waals surface area contributed by atoms with Crippen LogP contribution in [0.5, 0.6) is 0 Å². The largest absolute Gasteiger partial charge is 0.399 e. The van der Waals surface area contributed by atoms with Gasteiger partial charge in [0, 0.05) is 24.3 Å². The van der Waals surface area contributed by atoms with E-state index in [2.05, 4.69) is 6.58 Å². The van der Waals surface area contributed by atoms with Gasteiger partial charge in [-0.3, -0.25) is 4.79 Å². The second-order valence-electron chi connectivity index (χ2n) is 4.05. The highest BCUT2D eigenvalue weighted by Crippen LogP contribution is 2.13. The van der Waals surface area contributed by atoms with Gasteiger partial charge in [0.05, 0.1) is 0 Å². The molecule has 1 aromatic carbocycles. The minimum atomic E-state index is -0.500. The molecule has 0 heterocycles. The Morgan fingerprint density at radius 2 is 2.12 bits per heavy atom. The van der Waals surface area contributed by atoms with Crippen molar-refractivity contribution in [2.45, 2.75) is 13.8 Å². The van der Waals surface area contributed by atoms with Crippen LogP contribution in [0.2, 0.25) is 0 Å². The van der Waals surface area contributed by atoms with E-state index in [1.165, 1.54) is 18.2 Å². The van der Waals surface area contributed by atoms with Crippen LogP contribution in [0.3, 0.4) is 0 Å². The fourth-order valence-corrected chi connectivity index (χ4v) is 1.57. The number of rotatable bonds is 4. The van der Waals surface area contributed by atoms with Crippen LogP contribution in [0, 0.1) is 5.82 Å². The molecule has 1 amide bonds. The Balaban J connectivity index is 2.97. The number of nitrogens with zero attached hydrogens (tertiary/aromatic N) is 1. The first-order valence-electron chi connectivity index (χ1n) is 5.43. The summed E-state index contributed by atoms with van der Waals surface area (Å²) >= 11 is 0. The molecule has 4 heteroatoms. The maximum absolute atomic E-state index is 13.1. The lowest BCUT2D eigenvalue weighted by molar-refractivity contribution is 0.0778. The number of hydrogen-bond donors (Lipinski definition) is 1. The molecular formula is C13H17FN2O. The normalized spacial score (nSPS) is 10.1. The molecule has 3 nitrogen and oxygen atoms in total. The predicted molar refractivity (Wildman–Crippen MR) is 67.2 cm³/mol. The second kappa shape index (κ2) is 5.48. The molecule has 0 radical (unpaired) electrons. The molecule has 0 aromatic heterocycles. The van der Waals surface area contributed by atoms with E-state index in [-0.39, 0.29) is 17.2 Å². The summed E-state index contributed by atoms with van der Waals surface area (Å²) in [6, 6.07) is 3.86. The van der Waals surface area contributed by atoms with Gasteiger partial charge in [-0.15, -0.1) is 0 Å². The number of amides is 1. The van der Waals surface area contributed by atoms with Crippen molar-refractivity contribution >= 4 is 11.6 Å². The van der Waals surface area contributed by atoms with Crippen LogP contribution in [-0.2, 0) is 0 Å². The van der Waals surface area contributed by atoms with Crippen LogP contribution < -0.4 is 5.73 Å². The predicted octanol–water partition coefficient (Wildman–Crippen LogP) is 2.45. The maximum Gasteiger partial charge on any atom is 0.254 e. The summed E-state index contributed by atoms with van der Waals surface area (Å²) in [5.41, 5.74) is 6.91. The lowest BCUT2D eigenvalue weighted by Gasteiger charge is -2.21. The number of halogens is 1. The molecule has 17 heavy (non-hydrogen) atoms. The van der Waals surface area contributed by atoms with Crippen LogP contribution in [0.25, 0.3) is 0 Å². The van der Waals surface area contributed by atoms with E-state index in [1.807, 2.05) is 13.8 Å². The van der Waals surface area contributed by atoms with Crippen molar-refractivity contribution in [3.05, 3.63) is 41.7 Å². The van der Waals surface area contributed by atoms with E-state index in [4.69, 9.17) is 5.73 Å². The molecule has 2 N–H and O–H groups in total. The highest BCUT2D eigenvalue weighted by atomic mass is 19.1.